The van der Waals surface area contributed by atoms with Crippen LogP contribution >= 0.6 is 0 Å². The van der Waals surface area contributed by atoms with Crippen molar-refractivity contribution < 1.29 is 9.53 Å². The fourth-order valence-electron chi connectivity index (χ4n) is 1.17. The Kier molecular flexibility index (Phi) is 3.18. The lowest BCUT2D eigenvalue weighted by Gasteiger charge is -2.05. The molecular weight excluding hydrogens is 206 g/mol. The number of nitrogens with zero attached hydrogens (tertiary/aromatic N) is 1. The van der Waals surface area contributed by atoms with Gasteiger partial charge in [-0.1, -0.05) is 18.2 Å². The number of nitrogens with one attached hydrogen (secondary N) is 2. The van der Waals surface area contributed by atoms with Crippen molar-refractivity contribution in [2.75, 3.05) is 11.9 Å². The smallest absolute Gasteiger partial charge is 0.264 e. The van der Waals surface area contributed by atoms with E-state index in [9.17, 15) is 4.79 Å². The summed E-state index contributed by atoms with van der Waals surface area (Å²) in [6, 6.07) is 9.16. The first-order valence-corrected chi connectivity index (χ1v) is 4.81. The van der Waals surface area contributed by atoms with E-state index in [0.717, 1.165) is 0 Å². The van der Waals surface area contributed by atoms with E-state index in [-0.39, 0.29) is 12.5 Å². The van der Waals surface area contributed by atoms with Crippen molar-refractivity contribution in [1.82, 2.24) is 9.97 Å². The van der Waals surface area contributed by atoms with E-state index in [0.29, 0.717) is 11.7 Å². The summed E-state index contributed by atoms with van der Waals surface area (Å²) in [6.07, 6.45) is 3.20. The number of ether oxygens (including phenoxy) is 1. The molecule has 0 unspecified atom stereocenters. The number of carbonyl (C=O) groups is 1. The molecule has 0 saturated carbocycles. The first kappa shape index (κ1) is 10.2. The fraction of sp³-hybridized carbons (Fsp3) is 0.0909. The number of anilines is 1. The van der Waals surface area contributed by atoms with Gasteiger partial charge in [-0.2, -0.15) is 0 Å². The molecule has 0 bridgehead atoms. The van der Waals surface area contributed by atoms with Gasteiger partial charge in [0.25, 0.3) is 5.91 Å². The summed E-state index contributed by atoms with van der Waals surface area (Å²) in [5.41, 5.74) is 0. The zero-order valence-corrected chi connectivity index (χ0v) is 8.51. The van der Waals surface area contributed by atoms with Gasteiger partial charge in [-0.3, -0.25) is 10.1 Å². The van der Waals surface area contributed by atoms with E-state index in [4.69, 9.17) is 4.74 Å². The normalized spacial score (nSPS) is 9.75. The van der Waals surface area contributed by atoms with Crippen molar-refractivity contribution in [3.05, 3.63) is 42.7 Å². The Bertz CT molecular complexity index is 440. The number of aromatic amines is 1. The predicted molar refractivity (Wildman–Crippen MR) is 59.2 cm³/mol. The van der Waals surface area contributed by atoms with Gasteiger partial charge in [-0.05, 0) is 12.1 Å². The number of imidazole rings is 1. The van der Waals surface area contributed by atoms with Crippen LogP contribution in [0.5, 0.6) is 5.75 Å². The number of H-pyrrole nitrogens is 1. The minimum Gasteiger partial charge on any atom is -0.484 e. The van der Waals surface area contributed by atoms with Gasteiger partial charge >= 0.3 is 0 Å². The van der Waals surface area contributed by atoms with E-state index < -0.39 is 0 Å². The lowest BCUT2D eigenvalue weighted by molar-refractivity contribution is -0.118. The summed E-state index contributed by atoms with van der Waals surface area (Å²) in [7, 11) is 0. The lowest BCUT2D eigenvalue weighted by atomic mass is 10.3. The third-order valence-corrected chi connectivity index (χ3v) is 1.87. The molecule has 2 aromatic rings. The quantitative estimate of drug-likeness (QED) is 0.814. The number of hydrogen-bond acceptors (Lipinski definition) is 3. The average Bonchev–Trinajstić information content (AvgIpc) is 2.81. The number of carbonyl (C=O) groups excluding carboxylic acids is 1. The summed E-state index contributed by atoms with van der Waals surface area (Å²) in [4.78, 5) is 18.0. The van der Waals surface area contributed by atoms with Gasteiger partial charge in [0.05, 0.1) is 0 Å². The Labute approximate surface area is 92.5 Å². The summed E-state index contributed by atoms with van der Waals surface area (Å²) in [6.45, 7) is -0.0370. The summed E-state index contributed by atoms with van der Waals surface area (Å²) >= 11 is 0. The van der Waals surface area contributed by atoms with Crippen LogP contribution in [0, 0.1) is 0 Å². The van der Waals surface area contributed by atoms with Crippen molar-refractivity contribution in [2.45, 2.75) is 0 Å². The highest BCUT2D eigenvalue weighted by molar-refractivity contribution is 5.90. The van der Waals surface area contributed by atoms with Crippen LogP contribution in [0.2, 0.25) is 0 Å². The second-order valence-corrected chi connectivity index (χ2v) is 3.09. The van der Waals surface area contributed by atoms with Crippen LogP contribution in [0.4, 0.5) is 5.95 Å². The molecule has 0 saturated heterocycles. The Hall–Kier alpha value is -2.30. The van der Waals surface area contributed by atoms with Gasteiger partial charge in [0.2, 0.25) is 5.95 Å². The predicted octanol–water partition coefficient (Wildman–Crippen LogP) is 1.43. The maximum atomic E-state index is 11.4. The van der Waals surface area contributed by atoms with Crippen molar-refractivity contribution in [3.8, 4) is 5.75 Å². The van der Waals surface area contributed by atoms with Crippen LogP contribution in [0.15, 0.2) is 42.7 Å². The first-order valence-electron chi connectivity index (χ1n) is 4.81. The molecule has 0 spiro atoms. The second kappa shape index (κ2) is 4.97. The Balaban J connectivity index is 1.80. The Morgan fingerprint density at radius 2 is 2.19 bits per heavy atom. The van der Waals surface area contributed by atoms with Crippen LogP contribution in [-0.2, 0) is 4.79 Å². The molecule has 5 nitrogen and oxygen atoms in total. The second-order valence-electron chi connectivity index (χ2n) is 3.09. The molecule has 1 aromatic carbocycles. The maximum Gasteiger partial charge on any atom is 0.264 e. The van der Waals surface area contributed by atoms with Gasteiger partial charge in [0.1, 0.15) is 5.75 Å². The van der Waals surface area contributed by atoms with Gasteiger partial charge in [-0.25, -0.2) is 4.98 Å². The molecule has 0 aliphatic rings. The monoisotopic (exact) mass is 217 g/mol. The van der Waals surface area contributed by atoms with Gasteiger partial charge in [-0.15, -0.1) is 0 Å². The molecule has 82 valence electrons. The molecule has 1 heterocycles. The summed E-state index contributed by atoms with van der Waals surface area (Å²) in [5, 5.41) is 2.56. The minimum absolute atomic E-state index is 0.0370. The standard InChI is InChI=1S/C11H11N3O2/c15-10(14-11-12-6-7-13-11)8-16-9-4-2-1-3-5-9/h1-7H,8H2,(H2,12,13,14,15). The number of amides is 1. The molecule has 5 heteroatoms. The van der Waals surface area contributed by atoms with E-state index >= 15 is 0 Å². The van der Waals surface area contributed by atoms with Gasteiger partial charge in [0, 0.05) is 12.4 Å². The molecule has 16 heavy (non-hydrogen) atoms. The van der Waals surface area contributed by atoms with Gasteiger partial charge in [0.15, 0.2) is 6.61 Å². The SMILES string of the molecule is O=C(COc1ccccc1)Nc1ncc[nH]1. The number of aromatic nitrogens is 2. The zero-order valence-electron chi connectivity index (χ0n) is 8.51. The lowest BCUT2D eigenvalue weighted by Crippen LogP contribution is -2.20. The highest BCUT2D eigenvalue weighted by Crippen LogP contribution is 2.07. The summed E-state index contributed by atoms with van der Waals surface area (Å²) < 4.78 is 5.26. The molecule has 0 radical (unpaired) electrons. The number of para-hydroxylation sites is 1. The van der Waals surface area contributed by atoms with Crippen molar-refractivity contribution >= 4 is 11.9 Å². The molecular formula is C11H11N3O2. The largest absolute Gasteiger partial charge is 0.484 e. The van der Waals surface area contributed by atoms with Crippen molar-refractivity contribution in [3.63, 3.8) is 0 Å². The number of hydrogen-bond donors (Lipinski definition) is 2. The van der Waals surface area contributed by atoms with Gasteiger partial charge < -0.3 is 9.72 Å². The Morgan fingerprint density at radius 3 is 2.88 bits per heavy atom. The third kappa shape index (κ3) is 2.84. The topological polar surface area (TPSA) is 67.0 Å². The molecule has 0 aliphatic heterocycles. The summed E-state index contributed by atoms with van der Waals surface area (Å²) in [5.74, 6) is 0.831. The van der Waals surface area contributed by atoms with Crippen LogP contribution < -0.4 is 10.1 Å². The minimum atomic E-state index is -0.251. The highest BCUT2D eigenvalue weighted by Gasteiger charge is 2.04. The van der Waals surface area contributed by atoms with Crippen molar-refractivity contribution in [2.24, 2.45) is 0 Å². The van der Waals surface area contributed by atoms with Crippen LogP contribution in [0.1, 0.15) is 0 Å². The van der Waals surface area contributed by atoms with E-state index in [1.54, 1.807) is 24.5 Å². The Morgan fingerprint density at radius 1 is 1.38 bits per heavy atom. The molecule has 0 aliphatic carbocycles. The van der Waals surface area contributed by atoms with Crippen LogP contribution in [0.25, 0.3) is 0 Å². The molecule has 2 rings (SSSR count). The fourth-order valence-corrected chi connectivity index (χ4v) is 1.17. The maximum absolute atomic E-state index is 11.4. The first-order chi connectivity index (χ1) is 7.84. The zero-order chi connectivity index (χ0) is 11.2. The molecule has 2 N–H and O–H groups in total. The van der Waals surface area contributed by atoms with E-state index in [2.05, 4.69) is 15.3 Å². The molecule has 0 fully saturated rings. The number of benzene rings is 1. The molecule has 1 aromatic heterocycles. The molecule has 1 amide bonds. The van der Waals surface area contributed by atoms with Crippen LogP contribution in [0.3, 0.4) is 0 Å². The average molecular weight is 217 g/mol. The number of rotatable bonds is 4. The van der Waals surface area contributed by atoms with Crippen molar-refractivity contribution in [1.29, 1.82) is 0 Å². The van der Waals surface area contributed by atoms with Crippen LogP contribution in [-0.4, -0.2) is 22.5 Å². The molecule has 0 atom stereocenters. The highest BCUT2D eigenvalue weighted by atomic mass is 16.5. The van der Waals surface area contributed by atoms with E-state index in [1.807, 2.05) is 18.2 Å². The third-order valence-electron chi connectivity index (χ3n) is 1.87. The van der Waals surface area contributed by atoms with E-state index in [1.165, 1.54) is 0 Å².